The van der Waals surface area contributed by atoms with Gasteiger partial charge in [-0.25, -0.2) is 22.0 Å². The molecule has 1 heterocycles. The Labute approximate surface area is 243 Å². The van der Waals surface area contributed by atoms with E-state index in [1.165, 1.54) is 30.3 Å². The maximum absolute atomic E-state index is 15.2. The molecule has 3 aliphatic rings. The molecular weight excluding hydrogens is 574 g/mol. The first-order valence-corrected chi connectivity index (χ1v) is 14.3. The van der Waals surface area contributed by atoms with Gasteiger partial charge in [-0.1, -0.05) is 36.4 Å². The number of halogens is 6. The third-order valence-electron chi connectivity index (χ3n) is 8.74. The molecule has 0 aromatic heterocycles. The first-order valence-electron chi connectivity index (χ1n) is 14.3. The van der Waals surface area contributed by atoms with E-state index < -0.39 is 64.2 Å². The minimum absolute atomic E-state index is 0.00632. The fourth-order valence-electron chi connectivity index (χ4n) is 6.17. The summed E-state index contributed by atoms with van der Waals surface area (Å²) >= 11 is 0. The molecular formula is C33H28F6O4. The average molecular weight is 603 g/mol. The molecule has 0 radical (unpaired) electrons. The van der Waals surface area contributed by atoms with Gasteiger partial charge in [-0.05, 0) is 68.1 Å². The minimum atomic E-state index is -1.29. The van der Waals surface area contributed by atoms with Crippen LogP contribution in [0.2, 0.25) is 0 Å². The normalized spacial score (nSPS) is 23.5. The van der Waals surface area contributed by atoms with Crippen LogP contribution in [0.25, 0.3) is 16.7 Å². The number of carbonyl (C=O) groups excluding carboxylic acids is 1. The van der Waals surface area contributed by atoms with E-state index in [2.05, 4.69) is 0 Å². The maximum atomic E-state index is 15.2. The Morgan fingerprint density at radius 2 is 1.30 bits per heavy atom. The molecule has 3 aromatic carbocycles. The lowest BCUT2D eigenvalue weighted by Gasteiger charge is -2.30. The maximum Gasteiger partial charge on any atom is 0.309 e. The second-order valence-electron chi connectivity index (χ2n) is 11.4. The van der Waals surface area contributed by atoms with Gasteiger partial charge in [0.2, 0.25) is 5.82 Å². The van der Waals surface area contributed by atoms with Gasteiger partial charge in [0.25, 0.3) is 0 Å². The number of carbonyl (C=O) groups is 1. The van der Waals surface area contributed by atoms with Crippen molar-refractivity contribution < 1.29 is 45.7 Å². The standard InChI is InChI=1S/C33H28F6O4/c34-27-20(9-10-22(29(27)36)23-11-12-24(26-15-42-26)31(38)30(23)37)16-1-3-18(4-2-16)33(41)43-19-7-5-17(6-8-19)21-13-14-25(40)32(39)28(21)35/h1,9-14,17-19,26,40H,2-8,15H2. The molecule has 1 saturated heterocycles. The number of hydrogen-bond donors (Lipinski definition) is 1. The molecule has 2 unspecified atom stereocenters. The molecule has 2 aliphatic carbocycles. The van der Waals surface area contributed by atoms with Crippen LogP contribution in [0.4, 0.5) is 26.3 Å². The van der Waals surface area contributed by atoms with Gasteiger partial charge in [-0.2, -0.15) is 4.39 Å². The van der Waals surface area contributed by atoms with Crippen LogP contribution >= 0.6 is 0 Å². The zero-order valence-electron chi connectivity index (χ0n) is 22.9. The molecule has 2 atom stereocenters. The Kier molecular flexibility index (Phi) is 7.98. The molecule has 3 aromatic rings. The first kappa shape index (κ1) is 29.3. The topological polar surface area (TPSA) is 59.1 Å². The number of aromatic hydroxyl groups is 1. The summed E-state index contributed by atoms with van der Waals surface area (Å²) in [4.78, 5) is 12.9. The van der Waals surface area contributed by atoms with Crippen LogP contribution in [-0.4, -0.2) is 23.8 Å². The second-order valence-corrected chi connectivity index (χ2v) is 11.4. The third-order valence-corrected chi connectivity index (χ3v) is 8.74. The molecule has 0 spiro atoms. The minimum Gasteiger partial charge on any atom is -0.505 e. The van der Waals surface area contributed by atoms with E-state index in [9.17, 15) is 27.5 Å². The van der Waals surface area contributed by atoms with Crippen LogP contribution in [0.1, 0.15) is 73.7 Å². The van der Waals surface area contributed by atoms with Crippen LogP contribution in [-0.2, 0) is 14.3 Å². The molecule has 10 heteroatoms. The van der Waals surface area contributed by atoms with E-state index in [1.54, 1.807) is 6.08 Å². The van der Waals surface area contributed by atoms with Crippen molar-refractivity contribution in [2.24, 2.45) is 5.92 Å². The number of epoxide rings is 1. The summed E-state index contributed by atoms with van der Waals surface area (Å²) in [5, 5.41) is 9.35. The summed E-state index contributed by atoms with van der Waals surface area (Å²) in [5.74, 6) is -9.08. The lowest BCUT2D eigenvalue weighted by Crippen LogP contribution is -2.28. The van der Waals surface area contributed by atoms with Crippen LogP contribution in [0.3, 0.4) is 0 Å². The monoisotopic (exact) mass is 602 g/mol. The number of rotatable bonds is 6. The average Bonchev–Trinajstić information content (AvgIpc) is 3.85. The van der Waals surface area contributed by atoms with Crippen molar-refractivity contribution in [1.29, 1.82) is 0 Å². The van der Waals surface area contributed by atoms with Crippen molar-refractivity contribution in [3.63, 3.8) is 0 Å². The van der Waals surface area contributed by atoms with Crippen molar-refractivity contribution in [1.82, 2.24) is 0 Å². The van der Waals surface area contributed by atoms with Crippen LogP contribution < -0.4 is 0 Å². The molecule has 6 rings (SSSR count). The van der Waals surface area contributed by atoms with Gasteiger partial charge in [0, 0.05) is 22.3 Å². The van der Waals surface area contributed by atoms with Crippen molar-refractivity contribution in [2.45, 2.75) is 63.1 Å². The highest BCUT2D eigenvalue weighted by molar-refractivity contribution is 5.77. The Hall–Kier alpha value is -3.79. The van der Waals surface area contributed by atoms with E-state index >= 15 is 8.78 Å². The molecule has 4 nitrogen and oxygen atoms in total. The van der Waals surface area contributed by atoms with Crippen molar-refractivity contribution in [3.8, 4) is 16.9 Å². The Balaban J connectivity index is 1.07. The zero-order valence-corrected chi connectivity index (χ0v) is 22.9. The quantitative estimate of drug-likeness (QED) is 0.175. The van der Waals surface area contributed by atoms with Crippen molar-refractivity contribution >= 4 is 11.5 Å². The number of phenolic OH excluding ortho intramolecular Hbond substituents is 1. The lowest BCUT2D eigenvalue weighted by molar-refractivity contribution is -0.156. The number of ether oxygens (including phenoxy) is 2. The third kappa shape index (κ3) is 5.64. The molecule has 0 amide bonds. The van der Waals surface area contributed by atoms with Crippen molar-refractivity contribution in [3.05, 3.63) is 94.1 Å². The van der Waals surface area contributed by atoms with Crippen LogP contribution in [0.15, 0.2) is 42.5 Å². The van der Waals surface area contributed by atoms with Gasteiger partial charge in [-0.3, -0.25) is 4.79 Å². The fourth-order valence-corrected chi connectivity index (χ4v) is 6.17. The van der Waals surface area contributed by atoms with E-state index in [4.69, 9.17) is 9.47 Å². The molecule has 1 N–H and O–H groups in total. The summed E-state index contributed by atoms with van der Waals surface area (Å²) in [7, 11) is 0. The summed E-state index contributed by atoms with van der Waals surface area (Å²) < 4.78 is 98.2. The second kappa shape index (κ2) is 11.7. The Morgan fingerprint density at radius 1 is 0.721 bits per heavy atom. The van der Waals surface area contributed by atoms with Gasteiger partial charge in [0.1, 0.15) is 12.2 Å². The molecule has 1 saturated carbocycles. The molecule has 2 fully saturated rings. The van der Waals surface area contributed by atoms with E-state index in [-0.39, 0.29) is 53.7 Å². The van der Waals surface area contributed by atoms with E-state index in [0.717, 1.165) is 6.07 Å². The molecule has 0 bridgehead atoms. The molecule has 226 valence electrons. The number of allylic oxidation sites excluding steroid dienone is 2. The largest absolute Gasteiger partial charge is 0.505 e. The first-order chi connectivity index (χ1) is 20.6. The number of hydrogen-bond acceptors (Lipinski definition) is 4. The smallest absolute Gasteiger partial charge is 0.309 e. The van der Waals surface area contributed by atoms with Gasteiger partial charge in [0.15, 0.2) is 34.8 Å². The summed E-state index contributed by atoms with van der Waals surface area (Å²) in [6.07, 6.45) is 3.60. The lowest BCUT2D eigenvalue weighted by atomic mass is 9.82. The highest BCUT2D eigenvalue weighted by atomic mass is 19.2. The zero-order chi connectivity index (χ0) is 30.4. The molecule has 43 heavy (non-hydrogen) atoms. The number of phenols is 1. The van der Waals surface area contributed by atoms with Gasteiger partial charge < -0.3 is 14.6 Å². The SMILES string of the molecule is O=C(OC1CCC(c2ccc(O)c(F)c2F)CC1)C1CC=C(c2ccc(-c3ccc(C4CO4)c(F)c3F)c(F)c2F)CC1. The predicted octanol–water partition coefficient (Wildman–Crippen LogP) is 8.42. The van der Waals surface area contributed by atoms with Crippen LogP contribution in [0, 0.1) is 40.8 Å². The van der Waals surface area contributed by atoms with Crippen LogP contribution in [0.5, 0.6) is 5.75 Å². The highest BCUT2D eigenvalue weighted by Gasteiger charge is 2.33. The van der Waals surface area contributed by atoms with Gasteiger partial charge >= 0.3 is 5.97 Å². The highest BCUT2D eigenvalue weighted by Crippen LogP contribution is 2.40. The number of benzene rings is 3. The summed E-state index contributed by atoms with van der Waals surface area (Å²) in [5.41, 5.74) is -0.0585. The predicted molar refractivity (Wildman–Crippen MR) is 145 cm³/mol. The number of esters is 1. The van der Waals surface area contributed by atoms with Gasteiger partial charge in [0.05, 0.1) is 12.5 Å². The van der Waals surface area contributed by atoms with Crippen molar-refractivity contribution in [2.75, 3.05) is 6.61 Å². The van der Waals surface area contributed by atoms with E-state index in [0.29, 0.717) is 37.7 Å². The van der Waals surface area contributed by atoms with Gasteiger partial charge in [-0.15, -0.1) is 0 Å². The summed E-state index contributed by atoms with van der Waals surface area (Å²) in [6.45, 7) is 0.274. The van der Waals surface area contributed by atoms with E-state index in [1.807, 2.05) is 0 Å². The Morgan fingerprint density at radius 3 is 1.95 bits per heavy atom. The summed E-state index contributed by atoms with van der Waals surface area (Å²) in [6, 6.07) is 7.56. The fraction of sp³-hybridized carbons (Fsp3) is 0.364. The molecule has 1 aliphatic heterocycles. The Bertz CT molecular complexity index is 1610.